The van der Waals surface area contributed by atoms with E-state index in [1.54, 1.807) is 6.08 Å². The third-order valence-electron chi connectivity index (χ3n) is 14.0. The van der Waals surface area contributed by atoms with E-state index in [9.17, 15) is 35.1 Å². The number of ether oxygens (including phenoxy) is 3. The largest absolute Gasteiger partial charge is 0.454 e. The fourth-order valence-corrected chi connectivity index (χ4v) is 9.14. The smallest absolute Gasteiger partial charge is 0.306 e. The molecule has 0 aromatic carbocycles. The van der Waals surface area contributed by atoms with E-state index in [0.717, 1.165) is 103 Å². The highest BCUT2D eigenvalue weighted by molar-refractivity contribution is 5.80. The number of rotatable bonds is 51. The molecule has 0 saturated carbocycles. The van der Waals surface area contributed by atoms with E-state index >= 15 is 0 Å². The van der Waals surface area contributed by atoms with Crippen LogP contribution in [0.2, 0.25) is 0 Å². The average Bonchev–Trinajstić information content (AvgIpc) is 3.42. The summed E-state index contributed by atoms with van der Waals surface area (Å²) in [6.45, 7) is 5.65. The summed E-state index contributed by atoms with van der Waals surface area (Å²) in [5.74, 6) is -1.23. The average molecular weight is 1070 g/mol. The van der Waals surface area contributed by atoms with Gasteiger partial charge in [0.05, 0.1) is 25.4 Å². The number of nitrogens with one attached hydrogen (secondary N) is 1. The Morgan fingerprint density at radius 3 is 1.43 bits per heavy atom. The molecule has 1 fully saturated rings. The number of aliphatic hydroxyl groups is 5. The second-order valence-corrected chi connectivity index (χ2v) is 21.0. The van der Waals surface area contributed by atoms with Gasteiger partial charge in [-0.2, -0.15) is 0 Å². The van der Waals surface area contributed by atoms with Gasteiger partial charge >= 0.3 is 5.97 Å². The van der Waals surface area contributed by atoms with Crippen molar-refractivity contribution in [3.8, 4) is 0 Å². The van der Waals surface area contributed by atoms with E-state index in [1.165, 1.54) is 103 Å². The summed E-state index contributed by atoms with van der Waals surface area (Å²) in [5, 5.41) is 56.9. The maximum absolute atomic E-state index is 13.4. The van der Waals surface area contributed by atoms with Crippen LogP contribution in [0.4, 0.5) is 0 Å². The van der Waals surface area contributed by atoms with Crippen molar-refractivity contribution in [3.05, 3.63) is 85.1 Å². The lowest BCUT2D eigenvalue weighted by atomic mass is 9.99. The molecule has 0 aliphatic carbocycles. The molecule has 11 heteroatoms. The SMILES string of the molecule is CC/C=C\C/C=C\C/C=C\C/C=C\C/C=C\CCCCCCCC(=O)OC1C(OCC(NC(=O)C(O)CCCC/C=C\CCCCCCCCC)C(O)/C=C/CCCCCCCCCCCCC)OC(CO)C(O)C1O. The van der Waals surface area contributed by atoms with Gasteiger partial charge in [0.1, 0.15) is 24.4 Å². The zero-order valence-electron chi connectivity index (χ0n) is 48.3. The Balaban J connectivity index is 2.70. The summed E-state index contributed by atoms with van der Waals surface area (Å²) < 4.78 is 17.6. The Morgan fingerprint density at radius 1 is 0.526 bits per heavy atom. The van der Waals surface area contributed by atoms with Crippen molar-refractivity contribution in [1.29, 1.82) is 0 Å². The van der Waals surface area contributed by atoms with Gasteiger partial charge < -0.3 is 45.1 Å². The minimum Gasteiger partial charge on any atom is -0.454 e. The fourth-order valence-electron chi connectivity index (χ4n) is 9.14. The molecule has 6 N–H and O–H groups in total. The minimum absolute atomic E-state index is 0.0962. The maximum atomic E-state index is 13.4. The topological polar surface area (TPSA) is 175 Å². The van der Waals surface area contributed by atoms with Gasteiger partial charge in [0.2, 0.25) is 5.91 Å². The van der Waals surface area contributed by atoms with Crippen molar-refractivity contribution in [2.24, 2.45) is 0 Å². The molecule has 11 nitrogen and oxygen atoms in total. The van der Waals surface area contributed by atoms with Gasteiger partial charge in [-0.1, -0.05) is 234 Å². The van der Waals surface area contributed by atoms with E-state index in [4.69, 9.17) is 14.2 Å². The molecule has 0 aromatic heterocycles. The van der Waals surface area contributed by atoms with Crippen molar-refractivity contribution >= 4 is 11.9 Å². The molecule has 1 aliphatic heterocycles. The maximum Gasteiger partial charge on any atom is 0.306 e. The molecule has 8 unspecified atom stereocenters. The van der Waals surface area contributed by atoms with Gasteiger partial charge in [-0.3, -0.25) is 9.59 Å². The van der Waals surface area contributed by atoms with Gasteiger partial charge in [-0.25, -0.2) is 0 Å². The first-order chi connectivity index (χ1) is 37.2. The number of hydrogen-bond acceptors (Lipinski definition) is 10. The first-order valence-electron chi connectivity index (χ1n) is 30.9. The van der Waals surface area contributed by atoms with Crippen LogP contribution >= 0.6 is 0 Å². The molecule has 0 spiro atoms. The van der Waals surface area contributed by atoms with Crippen molar-refractivity contribution in [2.45, 2.75) is 301 Å². The van der Waals surface area contributed by atoms with E-state index in [-0.39, 0.29) is 19.4 Å². The van der Waals surface area contributed by atoms with Crippen molar-refractivity contribution in [1.82, 2.24) is 5.32 Å². The second kappa shape index (κ2) is 52.5. The number of unbranched alkanes of at least 4 members (excludes halogenated alkanes) is 25. The highest BCUT2D eigenvalue weighted by Crippen LogP contribution is 2.26. The number of aliphatic hydroxyl groups excluding tert-OH is 5. The van der Waals surface area contributed by atoms with E-state index in [1.807, 2.05) is 6.08 Å². The van der Waals surface area contributed by atoms with Crippen LogP contribution in [0.3, 0.4) is 0 Å². The van der Waals surface area contributed by atoms with Crippen LogP contribution in [0.25, 0.3) is 0 Å². The van der Waals surface area contributed by atoms with E-state index < -0.39 is 67.4 Å². The van der Waals surface area contributed by atoms with Crippen LogP contribution < -0.4 is 5.32 Å². The Morgan fingerprint density at radius 2 is 0.947 bits per heavy atom. The van der Waals surface area contributed by atoms with Gasteiger partial charge in [0.25, 0.3) is 0 Å². The standard InChI is InChI=1S/C65H113NO10/c1-4-7-10-13-16-19-22-25-26-27-28-29-30-31-32-35-38-41-44-47-50-53-60(70)76-63-62(72)61(71)59(54-67)75-65(63)74-55-56(57(68)51-48-45-42-39-36-33-23-20-17-14-11-8-5-2)66-64(73)58(69)52-49-46-43-40-37-34-24-21-18-15-12-9-6-3/h7,10,16,19,25-26,28-29,31-32,37,40,48,51,56-59,61-63,65,67-69,71-72H,4-6,8-9,11-15,17-18,20-24,27,30,33-36,38-39,41-47,49-50,52-55H2,1-3H3,(H,66,73)/b10-7-,19-16-,26-25-,29-28-,32-31-,40-37-,51-48+. The second-order valence-electron chi connectivity index (χ2n) is 21.0. The Kier molecular flexibility index (Phi) is 49.0. The van der Waals surface area contributed by atoms with Crippen LogP contribution in [0, 0.1) is 0 Å². The number of carbonyl (C=O) groups excluding carboxylic acids is 2. The summed E-state index contributed by atoms with van der Waals surface area (Å²) in [6, 6.07) is -1.04. The normalized spacial score (nSPS) is 19.7. The van der Waals surface area contributed by atoms with Crippen LogP contribution in [0.5, 0.6) is 0 Å². The van der Waals surface area contributed by atoms with Crippen LogP contribution in [-0.2, 0) is 23.8 Å². The molecular weight excluding hydrogens is 955 g/mol. The molecule has 0 radical (unpaired) electrons. The zero-order valence-corrected chi connectivity index (χ0v) is 48.3. The molecule has 1 rings (SSSR count). The molecule has 1 amide bonds. The predicted octanol–water partition coefficient (Wildman–Crippen LogP) is 14.6. The Hall–Kier alpha value is -3.16. The summed E-state index contributed by atoms with van der Waals surface area (Å²) in [7, 11) is 0. The monoisotopic (exact) mass is 1070 g/mol. The van der Waals surface area contributed by atoms with Crippen molar-refractivity contribution in [2.75, 3.05) is 13.2 Å². The first kappa shape index (κ1) is 70.9. The zero-order chi connectivity index (χ0) is 55.4. The molecular formula is C65H113NO10. The number of esters is 1. The third kappa shape index (κ3) is 40.1. The molecule has 438 valence electrons. The van der Waals surface area contributed by atoms with E-state index in [2.05, 4.69) is 99.0 Å². The molecule has 1 aliphatic rings. The van der Waals surface area contributed by atoms with Gasteiger partial charge in [-0.05, 0) is 96.3 Å². The summed E-state index contributed by atoms with van der Waals surface area (Å²) in [4.78, 5) is 26.5. The third-order valence-corrected chi connectivity index (χ3v) is 14.0. The molecule has 0 bridgehead atoms. The number of allylic oxidation sites excluding steroid dienone is 13. The van der Waals surface area contributed by atoms with Crippen LogP contribution in [0.1, 0.15) is 252 Å². The highest BCUT2D eigenvalue weighted by atomic mass is 16.7. The molecule has 8 atom stereocenters. The molecule has 1 heterocycles. The minimum atomic E-state index is -1.63. The molecule has 76 heavy (non-hydrogen) atoms. The Labute approximate surface area is 463 Å². The Bertz CT molecular complexity index is 1560. The van der Waals surface area contributed by atoms with Crippen molar-refractivity contribution < 1.29 is 49.3 Å². The summed E-state index contributed by atoms with van der Waals surface area (Å²) >= 11 is 0. The molecule has 1 saturated heterocycles. The van der Waals surface area contributed by atoms with Crippen LogP contribution in [-0.4, -0.2) is 99.6 Å². The number of hydrogen-bond donors (Lipinski definition) is 6. The summed E-state index contributed by atoms with van der Waals surface area (Å²) in [5.41, 5.74) is 0. The fraction of sp³-hybridized carbons (Fsp3) is 0.754. The summed E-state index contributed by atoms with van der Waals surface area (Å²) in [6.07, 6.45) is 57.6. The highest BCUT2D eigenvalue weighted by Gasteiger charge is 2.47. The van der Waals surface area contributed by atoms with Gasteiger partial charge in [-0.15, -0.1) is 0 Å². The first-order valence-corrected chi connectivity index (χ1v) is 30.9. The van der Waals surface area contributed by atoms with E-state index in [0.29, 0.717) is 12.8 Å². The van der Waals surface area contributed by atoms with Gasteiger partial charge in [0, 0.05) is 6.42 Å². The number of amides is 1. The van der Waals surface area contributed by atoms with Crippen molar-refractivity contribution in [3.63, 3.8) is 0 Å². The van der Waals surface area contributed by atoms with Gasteiger partial charge in [0.15, 0.2) is 12.4 Å². The number of carbonyl (C=O) groups is 2. The lowest BCUT2D eigenvalue weighted by Gasteiger charge is -2.41. The van der Waals surface area contributed by atoms with Crippen LogP contribution in [0.15, 0.2) is 85.1 Å². The lowest BCUT2D eigenvalue weighted by Crippen LogP contribution is -2.61. The quantitative estimate of drug-likeness (QED) is 0.0195. The predicted molar refractivity (Wildman–Crippen MR) is 315 cm³/mol. The lowest BCUT2D eigenvalue weighted by molar-refractivity contribution is -0.305. The molecule has 0 aromatic rings.